The van der Waals surface area contributed by atoms with Gasteiger partial charge in [0.1, 0.15) is 11.5 Å². The smallest absolute Gasteiger partial charge is 0.119 e. The van der Waals surface area contributed by atoms with Crippen molar-refractivity contribution >= 4 is 41.5 Å². The van der Waals surface area contributed by atoms with Crippen LogP contribution in [0.1, 0.15) is 11.1 Å². The number of allylic oxidation sites excluding steroid dienone is 2. The lowest BCUT2D eigenvalue weighted by Crippen LogP contribution is -2.03. The maximum atomic E-state index is 5.34. The summed E-state index contributed by atoms with van der Waals surface area (Å²) >= 11 is 0. The van der Waals surface area contributed by atoms with E-state index in [1.807, 2.05) is 35.1 Å². The quantitative estimate of drug-likeness (QED) is 0.334. The molecule has 0 fully saturated rings. The molecule has 1 unspecified atom stereocenters. The van der Waals surface area contributed by atoms with Crippen LogP contribution in [0.2, 0.25) is 0 Å². The number of rotatable bonds is 5. The second-order valence-electron chi connectivity index (χ2n) is 6.87. The van der Waals surface area contributed by atoms with Gasteiger partial charge < -0.3 is 9.47 Å². The van der Waals surface area contributed by atoms with Crippen LogP contribution in [0.15, 0.2) is 91.1 Å². The molecule has 150 valence electrons. The highest BCUT2D eigenvalue weighted by atomic mass is 33.1. The molecule has 0 spiro atoms. The predicted octanol–water partition coefficient (Wildman–Crippen LogP) is 6.62. The average Bonchev–Trinajstić information content (AvgIpc) is 3.39. The molecule has 5 heteroatoms. The van der Waals surface area contributed by atoms with Gasteiger partial charge in [-0.05, 0) is 74.1 Å². The molecule has 2 aliphatic heterocycles. The lowest BCUT2D eigenvalue weighted by Gasteiger charge is -2.20. The molecule has 3 nitrogen and oxygen atoms in total. The summed E-state index contributed by atoms with van der Waals surface area (Å²) in [5.41, 5.74) is 4.91. The van der Waals surface area contributed by atoms with Gasteiger partial charge in [0.2, 0.25) is 0 Å². The first kappa shape index (κ1) is 19.1. The summed E-state index contributed by atoms with van der Waals surface area (Å²) in [6.45, 7) is 0. The number of hydrogen-bond acceptors (Lipinski definition) is 4. The van der Waals surface area contributed by atoms with E-state index in [9.17, 15) is 0 Å². The topological polar surface area (TPSA) is 21.7 Å². The van der Waals surface area contributed by atoms with E-state index in [1.54, 1.807) is 14.2 Å². The summed E-state index contributed by atoms with van der Waals surface area (Å²) in [6, 6.07) is 27.2. The fraction of sp³-hybridized carbons (Fsp3) is 0.0800. The SMILES string of the molecule is COc1ccc(C2=CC3=S(S2)N(c2ccc(OC)cc2)C=C3c2ccccc2)cc1. The van der Waals surface area contributed by atoms with Crippen LogP contribution >= 0.6 is 20.5 Å². The molecule has 2 aliphatic rings. The second-order valence-corrected chi connectivity index (χ2v) is 10.3. The molecule has 0 bridgehead atoms. The molecule has 3 aromatic carbocycles. The summed E-state index contributed by atoms with van der Waals surface area (Å²) in [4.78, 5) is 2.66. The van der Waals surface area contributed by atoms with Crippen LogP contribution in [0, 0.1) is 0 Å². The van der Waals surface area contributed by atoms with Gasteiger partial charge in [-0.15, -0.1) is 0 Å². The molecular weight excluding hydrogens is 410 g/mol. The van der Waals surface area contributed by atoms with Crippen LogP contribution in [-0.2, 0) is 0 Å². The van der Waals surface area contributed by atoms with E-state index < -0.39 is 0 Å². The number of methoxy groups -OCH3 is 2. The largest absolute Gasteiger partial charge is 0.497 e. The molecule has 0 saturated heterocycles. The van der Waals surface area contributed by atoms with E-state index in [4.69, 9.17) is 9.47 Å². The minimum atomic E-state index is -0.124. The van der Waals surface area contributed by atoms with Crippen LogP contribution in [0.5, 0.6) is 11.5 Å². The Balaban J connectivity index is 1.54. The molecule has 30 heavy (non-hydrogen) atoms. The Hall–Kier alpha value is -2.89. The molecule has 0 amide bonds. The van der Waals surface area contributed by atoms with E-state index in [2.05, 4.69) is 71.2 Å². The van der Waals surface area contributed by atoms with Gasteiger partial charge in [0.25, 0.3) is 0 Å². The van der Waals surface area contributed by atoms with E-state index >= 15 is 0 Å². The Kier molecular flexibility index (Phi) is 5.15. The maximum absolute atomic E-state index is 5.34. The summed E-state index contributed by atoms with van der Waals surface area (Å²) in [6.07, 6.45) is 4.63. The monoisotopic (exact) mass is 431 g/mol. The van der Waals surface area contributed by atoms with Gasteiger partial charge in [-0.2, -0.15) is 0 Å². The Morgan fingerprint density at radius 3 is 2.00 bits per heavy atom. The second kappa shape index (κ2) is 8.09. The summed E-state index contributed by atoms with van der Waals surface area (Å²) in [5.74, 6) is 1.75. The first-order valence-corrected chi connectivity index (χ1v) is 12.1. The standard InChI is InChI=1S/C25H21NO2S2/c1-27-21-12-8-19(9-13-21)24-16-25-23(18-6-4-3-5-7-18)17-26(30(25)29-24)20-10-14-22(28-2)15-11-20/h3-17H,1-2H3. The van der Waals surface area contributed by atoms with Gasteiger partial charge in [0, 0.05) is 21.5 Å². The zero-order chi connectivity index (χ0) is 20.5. The van der Waals surface area contributed by atoms with E-state index in [0.717, 1.165) is 11.5 Å². The van der Waals surface area contributed by atoms with E-state index in [0.29, 0.717) is 0 Å². The van der Waals surface area contributed by atoms with E-state index in [-0.39, 0.29) is 9.70 Å². The number of anilines is 1. The third-order valence-corrected chi connectivity index (χ3v) is 9.21. The van der Waals surface area contributed by atoms with Gasteiger partial charge in [-0.25, -0.2) is 0 Å². The highest BCUT2D eigenvalue weighted by molar-refractivity contribution is 8.88. The van der Waals surface area contributed by atoms with Crippen LogP contribution in [0.25, 0.3) is 10.5 Å². The Bertz CT molecular complexity index is 1160. The van der Waals surface area contributed by atoms with Crippen molar-refractivity contribution in [1.29, 1.82) is 0 Å². The summed E-state index contributed by atoms with van der Waals surface area (Å²) in [5, 5.41) is 0. The molecule has 5 rings (SSSR count). The zero-order valence-electron chi connectivity index (χ0n) is 16.7. The molecule has 3 aromatic rings. The van der Waals surface area contributed by atoms with Crippen molar-refractivity contribution in [3.8, 4) is 11.5 Å². The maximum Gasteiger partial charge on any atom is 0.119 e. The molecule has 0 saturated carbocycles. The Morgan fingerprint density at radius 1 is 0.733 bits per heavy atom. The van der Waals surface area contributed by atoms with Gasteiger partial charge in [-0.1, -0.05) is 42.5 Å². The molecule has 0 aromatic heterocycles. The van der Waals surface area contributed by atoms with Gasteiger partial charge >= 0.3 is 0 Å². The van der Waals surface area contributed by atoms with Gasteiger partial charge in [-0.3, -0.25) is 4.31 Å². The fourth-order valence-electron chi connectivity index (χ4n) is 3.49. The van der Waals surface area contributed by atoms with Crippen molar-refractivity contribution in [3.63, 3.8) is 0 Å². The van der Waals surface area contributed by atoms with Gasteiger partial charge in [0.15, 0.2) is 0 Å². The van der Waals surface area contributed by atoms with Crippen molar-refractivity contribution in [3.05, 3.63) is 102 Å². The minimum absolute atomic E-state index is 0.124. The molecule has 2 heterocycles. The number of benzene rings is 3. The van der Waals surface area contributed by atoms with Crippen molar-refractivity contribution < 1.29 is 9.47 Å². The van der Waals surface area contributed by atoms with Crippen LogP contribution in [0.3, 0.4) is 0 Å². The van der Waals surface area contributed by atoms with Crippen LogP contribution < -0.4 is 13.8 Å². The van der Waals surface area contributed by atoms with Crippen LogP contribution in [0.4, 0.5) is 5.69 Å². The summed E-state index contributed by atoms with van der Waals surface area (Å²) in [7, 11) is 5.19. The Labute approximate surface area is 183 Å². The minimum Gasteiger partial charge on any atom is -0.497 e. The van der Waals surface area contributed by atoms with Crippen molar-refractivity contribution in [1.82, 2.24) is 0 Å². The Morgan fingerprint density at radius 2 is 1.37 bits per heavy atom. The lowest BCUT2D eigenvalue weighted by atomic mass is 10.0. The summed E-state index contributed by atoms with van der Waals surface area (Å²) < 4.78 is 13.0. The van der Waals surface area contributed by atoms with Crippen molar-refractivity contribution in [2.45, 2.75) is 0 Å². The first-order valence-electron chi connectivity index (χ1n) is 9.63. The first-order chi connectivity index (χ1) is 14.8. The molecule has 1 atom stereocenters. The number of ether oxygens (including phenoxy) is 2. The molecular formula is C25H21NO2S2. The number of hydrogen-bond donors (Lipinski definition) is 0. The number of nitrogens with zero attached hydrogens (tertiary/aromatic N) is 1. The normalized spacial score (nSPS) is 17.5. The van der Waals surface area contributed by atoms with Crippen LogP contribution in [-0.4, -0.2) is 19.1 Å². The fourth-order valence-corrected chi connectivity index (χ4v) is 7.86. The highest BCUT2D eigenvalue weighted by Crippen LogP contribution is 2.57. The highest BCUT2D eigenvalue weighted by Gasteiger charge is 2.30. The third kappa shape index (κ3) is 3.44. The lowest BCUT2D eigenvalue weighted by molar-refractivity contribution is 0.414. The van der Waals surface area contributed by atoms with Gasteiger partial charge in [0.05, 0.1) is 19.9 Å². The average molecular weight is 432 g/mol. The van der Waals surface area contributed by atoms with Crippen molar-refractivity contribution in [2.24, 2.45) is 0 Å². The van der Waals surface area contributed by atoms with Crippen molar-refractivity contribution in [2.75, 3.05) is 18.5 Å². The molecule has 0 N–H and O–H groups in total. The predicted molar refractivity (Wildman–Crippen MR) is 131 cm³/mol. The zero-order valence-corrected chi connectivity index (χ0v) is 18.4. The molecule has 0 aliphatic carbocycles. The molecule has 0 radical (unpaired) electrons. The third-order valence-electron chi connectivity index (χ3n) is 5.10. The van der Waals surface area contributed by atoms with E-state index in [1.165, 1.54) is 32.2 Å².